The summed E-state index contributed by atoms with van der Waals surface area (Å²) >= 11 is 3.44. The zero-order valence-corrected chi connectivity index (χ0v) is 11.8. The Balaban J connectivity index is 2.14. The van der Waals surface area contributed by atoms with Gasteiger partial charge < -0.3 is 5.11 Å². The molecule has 0 unspecified atom stereocenters. The Morgan fingerprint density at radius 3 is 2.85 bits per heavy atom. The Bertz CT molecular complexity index is 798. The standard InChI is InChI=1S/C14H10BrN3O2/c15-9-2-1-3-11(6-9)18-8-16-12-5-4-10(7-13(12)18)17-14(19)20/h1-8,17H,(H,19,20). The summed E-state index contributed by atoms with van der Waals surface area (Å²) in [5, 5.41) is 11.1. The van der Waals surface area contributed by atoms with Crippen LogP contribution in [0.3, 0.4) is 0 Å². The Morgan fingerprint density at radius 1 is 1.25 bits per heavy atom. The molecule has 20 heavy (non-hydrogen) atoms. The van der Waals surface area contributed by atoms with Gasteiger partial charge in [0.2, 0.25) is 0 Å². The van der Waals surface area contributed by atoms with E-state index in [2.05, 4.69) is 26.2 Å². The van der Waals surface area contributed by atoms with Crippen LogP contribution >= 0.6 is 15.9 Å². The topological polar surface area (TPSA) is 67.2 Å². The maximum absolute atomic E-state index is 10.7. The first-order valence-corrected chi connectivity index (χ1v) is 6.66. The molecule has 2 N–H and O–H groups in total. The lowest BCUT2D eigenvalue weighted by Gasteiger charge is -2.06. The number of carboxylic acid groups (broad SMARTS) is 1. The average molecular weight is 332 g/mol. The van der Waals surface area contributed by atoms with E-state index in [1.54, 1.807) is 24.5 Å². The van der Waals surface area contributed by atoms with Gasteiger partial charge in [0, 0.05) is 15.8 Å². The van der Waals surface area contributed by atoms with Crippen LogP contribution in [-0.4, -0.2) is 20.8 Å². The number of halogens is 1. The molecule has 0 spiro atoms. The van der Waals surface area contributed by atoms with Gasteiger partial charge in [0.1, 0.15) is 6.33 Å². The van der Waals surface area contributed by atoms with Crippen LogP contribution in [0, 0.1) is 0 Å². The number of fused-ring (bicyclic) bond motifs is 1. The molecule has 0 saturated heterocycles. The summed E-state index contributed by atoms with van der Waals surface area (Å²) < 4.78 is 2.88. The van der Waals surface area contributed by atoms with Crippen LogP contribution in [0.15, 0.2) is 53.3 Å². The molecular formula is C14H10BrN3O2. The minimum atomic E-state index is -1.09. The molecule has 1 heterocycles. The number of hydrogen-bond acceptors (Lipinski definition) is 2. The molecule has 2 aromatic carbocycles. The number of amides is 1. The van der Waals surface area contributed by atoms with Crippen LogP contribution < -0.4 is 5.32 Å². The van der Waals surface area contributed by atoms with Gasteiger partial charge in [0.05, 0.1) is 11.0 Å². The molecule has 0 radical (unpaired) electrons. The fourth-order valence-corrected chi connectivity index (χ4v) is 2.43. The van der Waals surface area contributed by atoms with Crippen molar-refractivity contribution in [1.29, 1.82) is 0 Å². The molecule has 0 atom stereocenters. The molecule has 0 bridgehead atoms. The molecular weight excluding hydrogens is 322 g/mol. The van der Waals surface area contributed by atoms with E-state index in [9.17, 15) is 4.79 Å². The van der Waals surface area contributed by atoms with E-state index in [1.807, 2.05) is 28.8 Å². The summed E-state index contributed by atoms with van der Waals surface area (Å²) in [7, 11) is 0. The number of anilines is 1. The summed E-state index contributed by atoms with van der Waals surface area (Å²) in [5.41, 5.74) is 3.12. The smallest absolute Gasteiger partial charge is 0.409 e. The molecule has 0 fully saturated rings. The quantitative estimate of drug-likeness (QED) is 0.748. The molecule has 100 valence electrons. The van der Waals surface area contributed by atoms with E-state index >= 15 is 0 Å². The van der Waals surface area contributed by atoms with Gasteiger partial charge in [0.25, 0.3) is 0 Å². The molecule has 0 saturated carbocycles. The lowest BCUT2D eigenvalue weighted by Crippen LogP contribution is -2.07. The molecule has 1 amide bonds. The highest BCUT2D eigenvalue weighted by Crippen LogP contribution is 2.23. The third-order valence-corrected chi connectivity index (χ3v) is 3.38. The molecule has 6 heteroatoms. The third kappa shape index (κ3) is 2.37. The van der Waals surface area contributed by atoms with Crippen LogP contribution in [0.1, 0.15) is 0 Å². The first-order valence-electron chi connectivity index (χ1n) is 5.86. The van der Waals surface area contributed by atoms with Gasteiger partial charge in [-0.1, -0.05) is 22.0 Å². The van der Waals surface area contributed by atoms with Gasteiger partial charge in [0.15, 0.2) is 0 Å². The number of carbonyl (C=O) groups is 1. The lowest BCUT2D eigenvalue weighted by atomic mass is 10.2. The SMILES string of the molecule is O=C(O)Nc1ccc2ncn(-c3cccc(Br)c3)c2c1. The third-order valence-electron chi connectivity index (χ3n) is 2.88. The fourth-order valence-electron chi connectivity index (χ4n) is 2.04. The second kappa shape index (κ2) is 4.97. The normalized spacial score (nSPS) is 10.7. The highest BCUT2D eigenvalue weighted by atomic mass is 79.9. The van der Waals surface area contributed by atoms with Gasteiger partial charge in [-0.15, -0.1) is 0 Å². The molecule has 0 aliphatic carbocycles. The Morgan fingerprint density at radius 2 is 2.10 bits per heavy atom. The summed E-state index contributed by atoms with van der Waals surface area (Å²) in [6.45, 7) is 0. The largest absolute Gasteiger partial charge is 0.465 e. The molecule has 3 rings (SSSR count). The Hall–Kier alpha value is -2.34. The maximum atomic E-state index is 10.7. The number of nitrogens with one attached hydrogen (secondary N) is 1. The number of hydrogen-bond donors (Lipinski definition) is 2. The van der Waals surface area contributed by atoms with E-state index in [4.69, 9.17) is 5.11 Å². The molecule has 0 aliphatic heterocycles. The minimum absolute atomic E-state index is 0.516. The van der Waals surface area contributed by atoms with E-state index < -0.39 is 6.09 Å². The van der Waals surface area contributed by atoms with Gasteiger partial charge in [-0.3, -0.25) is 9.88 Å². The van der Waals surface area contributed by atoms with Crippen molar-refractivity contribution in [2.24, 2.45) is 0 Å². The number of imidazole rings is 1. The number of aromatic nitrogens is 2. The van der Waals surface area contributed by atoms with Crippen LogP contribution in [0.2, 0.25) is 0 Å². The van der Waals surface area contributed by atoms with E-state index in [1.165, 1.54) is 0 Å². The molecule has 1 aromatic heterocycles. The number of nitrogens with zero attached hydrogens (tertiary/aromatic N) is 2. The summed E-state index contributed by atoms with van der Waals surface area (Å²) in [5.74, 6) is 0. The van der Waals surface area contributed by atoms with E-state index in [-0.39, 0.29) is 0 Å². The molecule has 0 aliphatic rings. The zero-order chi connectivity index (χ0) is 14.1. The van der Waals surface area contributed by atoms with Gasteiger partial charge in [-0.25, -0.2) is 9.78 Å². The van der Waals surface area contributed by atoms with Crippen molar-refractivity contribution in [3.63, 3.8) is 0 Å². The Kier molecular flexibility index (Phi) is 3.15. The highest BCUT2D eigenvalue weighted by molar-refractivity contribution is 9.10. The second-order valence-electron chi connectivity index (χ2n) is 4.23. The molecule has 5 nitrogen and oxygen atoms in total. The van der Waals surface area contributed by atoms with Crippen molar-refractivity contribution >= 4 is 38.7 Å². The van der Waals surface area contributed by atoms with Crippen LogP contribution in [0.5, 0.6) is 0 Å². The van der Waals surface area contributed by atoms with E-state index in [0.29, 0.717) is 5.69 Å². The number of benzene rings is 2. The first-order chi connectivity index (χ1) is 9.63. The number of rotatable bonds is 2. The van der Waals surface area contributed by atoms with E-state index in [0.717, 1.165) is 21.2 Å². The second-order valence-corrected chi connectivity index (χ2v) is 5.14. The fraction of sp³-hybridized carbons (Fsp3) is 0. The minimum Gasteiger partial charge on any atom is -0.465 e. The van der Waals surface area contributed by atoms with Crippen LogP contribution in [0.25, 0.3) is 16.7 Å². The predicted molar refractivity (Wildman–Crippen MR) is 80.4 cm³/mol. The first kappa shape index (κ1) is 12.7. The van der Waals surface area contributed by atoms with Crippen LogP contribution in [-0.2, 0) is 0 Å². The van der Waals surface area contributed by atoms with Crippen molar-refractivity contribution in [1.82, 2.24) is 9.55 Å². The van der Waals surface area contributed by atoms with Gasteiger partial charge >= 0.3 is 6.09 Å². The van der Waals surface area contributed by atoms with Crippen molar-refractivity contribution in [2.45, 2.75) is 0 Å². The zero-order valence-electron chi connectivity index (χ0n) is 10.2. The monoisotopic (exact) mass is 331 g/mol. The van der Waals surface area contributed by atoms with Crippen molar-refractivity contribution in [3.05, 3.63) is 53.3 Å². The van der Waals surface area contributed by atoms with Gasteiger partial charge in [-0.05, 0) is 36.4 Å². The Labute approximate surface area is 123 Å². The summed E-state index contributed by atoms with van der Waals surface area (Å²) in [6, 6.07) is 13.0. The van der Waals surface area contributed by atoms with Gasteiger partial charge in [-0.2, -0.15) is 0 Å². The lowest BCUT2D eigenvalue weighted by molar-refractivity contribution is 0.210. The van der Waals surface area contributed by atoms with Crippen LogP contribution in [0.4, 0.5) is 10.5 Å². The summed E-state index contributed by atoms with van der Waals surface area (Å²) in [6.07, 6.45) is 0.634. The maximum Gasteiger partial charge on any atom is 0.409 e. The predicted octanol–water partition coefficient (Wildman–Crippen LogP) is 3.88. The van der Waals surface area contributed by atoms with Crippen molar-refractivity contribution in [2.75, 3.05) is 5.32 Å². The van der Waals surface area contributed by atoms with Crippen molar-refractivity contribution in [3.8, 4) is 5.69 Å². The summed E-state index contributed by atoms with van der Waals surface area (Å²) in [4.78, 5) is 15.0. The molecule has 3 aromatic rings. The highest BCUT2D eigenvalue weighted by Gasteiger charge is 2.07. The van der Waals surface area contributed by atoms with Crippen molar-refractivity contribution < 1.29 is 9.90 Å². The average Bonchev–Trinajstić information content (AvgIpc) is 2.81.